The maximum atomic E-state index is 13.5. The van der Waals surface area contributed by atoms with E-state index < -0.39 is 11.5 Å². The van der Waals surface area contributed by atoms with E-state index in [9.17, 15) is 14.4 Å². The van der Waals surface area contributed by atoms with Crippen molar-refractivity contribution in [2.45, 2.75) is 86.0 Å². The van der Waals surface area contributed by atoms with E-state index in [1.54, 1.807) is 40.6 Å². The third kappa shape index (κ3) is 10.5. The first kappa shape index (κ1) is 38.3. The van der Waals surface area contributed by atoms with E-state index in [1.807, 2.05) is 43.0 Å². The predicted octanol–water partition coefficient (Wildman–Crippen LogP) is 10.3. The number of carbonyl (C=O) groups is 1. The number of urea groups is 1. The molecule has 0 aliphatic carbocycles. The second-order valence-electron chi connectivity index (χ2n) is 11.8. The lowest BCUT2D eigenvalue weighted by molar-refractivity contribution is -0.0382. The molecule has 3 aromatic rings. The molecule has 0 radical (unpaired) electrons. The van der Waals surface area contributed by atoms with E-state index in [-0.39, 0.29) is 22.9 Å². The molecule has 3 aromatic carbocycles. The average molecular weight is 717 g/mol. The minimum atomic E-state index is -0.647. The summed E-state index contributed by atoms with van der Waals surface area (Å²) >= 11 is 3.21. The molecule has 1 fully saturated rings. The molecule has 1 aliphatic heterocycles. The van der Waals surface area contributed by atoms with Gasteiger partial charge in [0.05, 0.1) is 40.7 Å². The molecule has 0 aromatic heterocycles. The van der Waals surface area contributed by atoms with Crippen molar-refractivity contribution in [3.63, 3.8) is 0 Å². The van der Waals surface area contributed by atoms with Crippen molar-refractivity contribution in [1.29, 1.82) is 0 Å². The Morgan fingerprint density at radius 2 is 1.43 bits per heavy atom. The molecule has 49 heavy (non-hydrogen) atoms. The number of hydrogen-bond acceptors (Lipinski definition) is 9. The van der Waals surface area contributed by atoms with Gasteiger partial charge in [0.2, 0.25) is 5.75 Å². The average Bonchev–Trinajstić information content (AvgIpc) is 3.61. The highest BCUT2D eigenvalue weighted by atomic mass is 32.2. The summed E-state index contributed by atoms with van der Waals surface area (Å²) in [6.45, 7) is 4.26. The zero-order valence-electron chi connectivity index (χ0n) is 29.3. The SMILES string of the molecule is CCCCCCCCN(O)C(=O)Nc1cc(C2CCC(c3cc(OC)c(OC)c(OC)c3)S2)cc(OC)c1OC(C)Sc1ccc(F)cc1. The maximum absolute atomic E-state index is 13.5. The minimum Gasteiger partial charge on any atom is -0.493 e. The number of amides is 2. The molecule has 1 aliphatic rings. The van der Waals surface area contributed by atoms with Gasteiger partial charge in [-0.05, 0) is 85.8 Å². The summed E-state index contributed by atoms with van der Waals surface area (Å²) in [6.07, 6.45) is 7.99. The Bertz CT molecular complexity index is 1490. The van der Waals surface area contributed by atoms with Crippen LogP contribution < -0.4 is 29.0 Å². The summed E-state index contributed by atoms with van der Waals surface area (Å²) in [5.41, 5.74) is 2.00. The second kappa shape index (κ2) is 19.1. The maximum Gasteiger partial charge on any atom is 0.345 e. The van der Waals surface area contributed by atoms with E-state index >= 15 is 0 Å². The number of nitrogens with one attached hydrogen (secondary N) is 1. The zero-order chi connectivity index (χ0) is 35.3. The standard InChI is InChI=1S/C37H49FN2O7S2/c1-7-8-9-10-11-12-19-40(42)37(41)39-29-20-25(21-30(43-3)35(29)47-24(2)48-28-15-13-27(38)14-16-28)33-17-18-34(49-33)26-22-31(44-4)36(46-6)32(23-26)45-5/h13-16,20-24,33-34,42H,7-12,17-19H2,1-6H3,(H,39,41). The van der Waals surface area contributed by atoms with Crippen LogP contribution in [0.1, 0.15) is 86.8 Å². The molecule has 9 nitrogen and oxygen atoms in total. The van der Waals surface area contributed by atoms with Crippen molar-refractivity contribution in [2.75, 3.05) is 40.3 Å². The molecule has 3 unspecified atom stereocenters. The van der Waals surface area contributed by atoms with E-state index in [4.69, 9.17) is 23.7 Å². The van der Waals surface area contributed by atoms with Crippen LogP contribution in [0.4, 0.5) is 14.9 Å². The molecule has 3 atom stereocenters. The van der Waals surface area contributed by atoms with E-state index in [0.29, 0.717) is 40.9 Å². The van der Waals surface area contributed by atoms with Crippen LogP contribution in [0.25, 0.3) is 0 Å². The van der Waals surface area contributed by atoms with Crippen molar-refractivity contribution >= 4 is 35.2 Å². The highest BCUT2D eigenvalue weighted by Gasteiger charge is 2.31. The Morgan fingerprint density at radius 1 is 0.878 bits per heavy atom. The fourth-order valence-corrected chi connectivity index (χ4v) is 8.16. The Kier molecular flexibility index (Phi) is 14.9. The molecule has 12 heteroatoms. The summed E-state index contributed by atoms with van der Waals surface area (Å²) in [5.74, 6) is 2.25. The van der Waals surface area contributed by atoms with Gasteiger partial charge in [-0.3, -0.25) is 5.21 Å². The van der Waals surface area contributed by atoms with Crippen molar-refractivity contribution in [3.8, 4) is 28.7 Å². The lowest BCUT2D eigenvalue weighted by Gasteiger charge is -2.23. The first-order chi connectivity index (χ1) is 23.7. The fourth-order valence-electron chi connectivity index (χ4n) is 5.81. The van der Waals surface area contributed by atoms with Gasteiger partial charge in [-0.1, -0.05) is 50.8 Å². The molecule has 0 spiro atoms. The summed E-state index contributed by atoms with van der Waals surface area (Å²) in [4.78, 5) is 14.1. The minimum absolute atomic E-state index is 0.0852. The molecule has 0 bridgehead atoms. The van der Waals surface area contributed by atoms with Crippen molar-refractivity contribution in [3.05, 3.63) is 65.5 Å². The molecule has 1 saturated heterocycles. The van der Waals surface area contributed by atoms with Crippen LogP contribution in [0.5, 0.6) is 28.7 Å². The highest BCUT2D eigenvalue weighted by Crippen LogP contribution is 2.56. The number of hydroxylamine groups is 2. The molecule has 2 N–H and O–H groups in total. The molecule has 4 rings (SSSR count). The van der Waals surface area contributed by atoms with Gasteiger partial charge in [-0.25, -0.2) is 14.2 Å². The number of nitrogens with zero attached hydrogens (tertiary/aromatic N) is 1. The van der Waals surface area contributed by atoms with Gasteiger partial charge >= 0.3 is 6.03 Å². The van der Waals surface area contributed by atoms with Crippen LogP contribution in [0.15, 0.2) is 53.4 Å². The van der Waals surface area contributed by atoms with Crippen LogP contribution in [-0.2, 0) is 0 Å². The van der Waals surface area contributed by atoms with Crippen molar-refractivity contribution < 1.29 is 38.1 Å². The number of halogens is 1. The third-order valence-corrected chi connectivity index (χ3v) is 11.0. The first-order valence-corrected chi connectivity index (χ1v) is 18.6. The number of thioether (sulfide) groups is 2. The second-order valence-corrected chi connectivity index (χ2v) is 14.6. The van der Waals surface area contributed by atoms with E-state index in [2.05, 4.69) is 12.2 Å². The third-order valence-electron chi connectivity index (χ3n) is 8.35. The van der Waals surface area contributed by atoms with E-state index in [0.717, 1.165) is 59.6 Å². The first-order valence-electron chi connectivity index (χ1n) is 16.7. The number of benzene rings is 3. The monoisotopic (exact) mass is 716 g/mol. The van der Waals surface area contributed by atoms with Crippen LogP contribution in [0.3, 0.4) is 0 Å². The number of methoxy groups -OCH3 is 4. The van der Waals surface area contributed by atoms with Crippen LogP contribution in [0, 0.1) is 5.82 Å². The molecular weight excluding hydrogens is 668 g/mol. The quantitative estimate of drug-likeness (QED) is 0.0438. The smallest absolute Gasteiger partial charge is 0.345 e. The normalized spacial score (nSPS) is 16.2. The number of anilines is 1. The summed E-state index contributed by atoms with van der Waals surface area (Å²) < 4.78 is 42.4. The Morgan fingerprint density at radius 3 is 2.00 bits per heavy atom. The van der Waals surface area contributed by atoms with Crippen molar-refractivity contribution in [2.24, 2.45) is 0 Å². The number of hydrogen-bond donors (Lipinski definition) is 2. The van der Waals surface area contributed by atoms with Gasteiger partial charge in [-0.2, -0.15) is 0 Å². The fraction of sp³-hybridized carbons (Fsp3) is 0.486. The lowest BCUT2D eigenvalue weighted by atomic mass is 10.0. The van der Waals surface area contributed by atoms with Crippen LogP contribution >= 0.6 is 23.5 Å². The molecule has 268 valence electrons. The van der Waals surface area contributed by atoms with Crippen LogP contribution in [0.2, 0.25) is 0 Å². The van der Waals surface area contributed by atoms with Gasteiger partial charge in [0, 0.05) is 15.4 Å². The van der Waals surface area contributed by atoms with Crippen molar-refractivity contribution in [1.82, 2.24) is 5.06 Å². The van der Waals surface area contributed by atoms with Gasteiger partial charge in [0.25, 0.3) is 0 Å². The number of rotatable bonds is 18. The molecule has 0 saturated carbocycles. The van der Waals surface area contributed by atoms with Gasteiger partial charge < -0.3 is 29.0 Å². The van der Waals surface area contributed by atoms with Crippen LogP contribution in [-0.4, -0.2) is 56.7 Å². The van der Waals surface area contributed by atoms with Gasteiger partial charge in [0.1, 0.15) is 11.3 Å². The molecule has 1 heterocycles. The topological polar surface area (TPSA) is 98.7 Å². The van der Waals surface area contributed by atoms with E-state index in [1.165, 1.54) is 30.3 Å². The molecular formula is C37H49FN2O7S2. The number of carbonyl (C=O) groups excluding carboxylic acids is 1. The number of unbranched alkanes of at least 4 members (excludes halogenated alkanes) is 5. The summed E-state index contributed by atoms with van der Waals surface area (Å²) in [7, 11) is 6.37. The number of ether oxygens (including phenoxy) is 5. The van der Waals surface area contributed by atoms with Gasteiger partial charge in [-0.15, -0.1) is 11.8 Å². The summed E-state index contributed by atoms with van der Waals surface area (Å²) in [5, 5.41) is 14.5. The lowest BCUT2D eigenvalue weighted by Crippen LogP contribution is -2.33. The Labute approximate surface area is 298 Å². The summed E-state index contributed by atoms with van der Waals surface area (Å²) in [6, 6.07) is 13.4. The Balaban J connectivity index is 1.58. The van der Waals surface area contributed by atoms with Gasteiger partial charge in [0.15, 0.2) is 23.0 Å². The largest absolute Gasteiger partial charge is 0.493 e. The zero-order valence-corrected chi connectivity index (χ0v) is 30.9. The predicted molar refractivity (Wildman–Crippen MR) is 195 cm³/mol. The Hall–Kier alpha value is -3.48. The highest BCUT2D eigenvalue weighted by molar-refractivity contribution is 8.00. The molecule has 2 amide bonds.